The first-order valence-electron chi connectivity index (χ1n) is 5.75. The van der Waals surface area contributed by atoms with Gasteiger partial charge in [0.15, 0.2) is 0 Å². The minimum atomic E-state index is -0.997. The van der Waals surface area contributed by atoms with Crippen LogP contribution in [0.4, 0.5) is 10.1 Å². The van der Waals surface area contributed by atoms with Gasteiger partial charge in [-0.2, -0.15) is 5.10 Å². The molecule has 0 spiro atoms. The molecule has 0 unspecified atom stereocenters. The molecular weight excluding hydrogens is 237 g/mol. The van der Waals surface area contributed by atoms with Gasteiger partial charge in [0.1, 0.15) is 11.7 Å². The van der Waals surface area contributed by atoms with E-state index in [0.717, 1.165) is 5.69 Å². The van der Waals surface area contributed by atoms with Gasteiger partial charge in [0.2, 0.25) is 0 Å². The Bertz CT molecular complexity index is 610. The summed E-state index contributed by atoms with van der Waals surface area (Å²) < 4.78 is 14.7. The lowest BCUT2D eigenvalue weighted by atomic mass is 10.2. The van der Waals surface area contributed by atoms with Crippen LogP contribution in [0.25, 0.3) is 5.52 Å². The molecule has 0 aliphatic carbocycles. The molecule has 2 aromatic rings. The van der Waals surface area contributed by atoms with E-state index in [1.807, 2.05) is 11.0 Å². The van der Waals surface area contributed by atoms with E-state index in [0.29, 0.717) is 25.0 Å². The summed E-state index contributed by atoms with van der Waals surface area (Å²) in [6.45, 7) is 1.07. The van der Waals surface area contributed by atoms with Gasteiger partial charge in [-0.1, -0.05) is 0 Å². The summed E-state index contributed by atoms with van der Waals surface area (Å²) in [5, 5.41) is 13.0. The lowest BCUT2D eigenvalue weighted by molar-refractivity contribution is 0.0699. The van der Waals surface area contributed by atoms with Crippen molar-refractivity contribution in [2.24, 2.45) is 0 Å². The monoisotopic (exact) mass is 249 g/mol. The number of carboxylic acids is 1. The van der Waals surface area contributed by atoms with E-state index in [1.165, 1.54) is 10.7 Å². The molecule has 1 N–H and O–H groups in total. The Labute approximate surface area is 102 Å². The molecule has 2 aromatic heterocycles. The van der Waals surface area contributed by atoms with Gasteiger partial charge in [-0.25, -0.2) is 13.7 Å². The minimum absolute atomic E-state index is 0.173. The van der Waals surface area contributed by atoms with Crippen LogP contribution in [0.1, 0.15) is 16.8 Å². The van der Waals surface area contributed by atoms with Crippen molar-refractivity contribution in [3.8, 4) is 0 Å². The Morgan fingerprint density at radius 2 is 2.33 bits per heavy atom. The molecule has 5 nitrogen and oxygen atoms in total. The number of carboxylic acid groups (broad SMARTS) is 1. The molecule has 1 saturated heterocycles. The maximum atomic E-state index is 13.1. The number of hydrogen-bond donors (Lipinski definition) is 1. The average Bonchev–Trinajstić information content (AvgIpc) is 2.93. The number of halogens is 1. The minimum Gasteiger partial charge on any atom is -0.478 e. The van der Waals surface area contributed by atoms with E-state index >= 15 is 0 Å². The fraction of sp³-hybridized carbons (Fsp3) is 0.333. The van der Waals surface area contributed by atoms with E-state index in [-0.39, 0.29) is 5.56 Å². The van der Waals surface area contributed by atoms with E-state index < -0.39 is 12.1 Å². The first kappa shape index (κ1) is 11.0. The highest BCUT2D eigenvalue weighted by atomic mass is 19.1. The summed E-state index contributed by atoms with van der Waals surface area (Å²) in [6, 6.07) is 3.51. The van der Waals surface area contributed by atoms with Crippen molar-refractivity contribution in [3.63, 3.8) is 0 Å². The summed E-state index contributed by atoms with van der Waals surface area (Å²) in [4.78, 5) is 12.9. The molecule has 0 aromatic carbocycles. The van der Waals surface area contributed by atoms with E-state index in [4.69, 9.17) is 5.11 Å². The zero-order valence-corrected chi connectivity index (χ0v) is 9.58. The largest absolute Gasteiger partial charge is 0.478 e. The number of hydrogen-bond acceptors (Lipinski definition) is 3. The topological polar surface area (TPSA) is 57.8 Å². The molecule has 18 heavy (non-hydrogen) atoms. The number of nitrogens with zero attached hydrogens (tertiary/aromatic N) is 3. The van der Waals surface area contributed by atoms with E-state index in [9.17, 15) is 9.18 Å². The maximum absolute atomic E-state index is 13.1. The van der Waals surface area contributed by atoms with Crippen molar-refractivity contribution < 1.29 is 14.3 Å². The molecule has 94 valence electrons. The molecule has 0 saturated carbocycles. The molecule has 0 bridgehead atoms. The Morgan fingerprint density at radius 1 is 1.50 bits per heavy atom. The molecule has 1 atom stereocenters. The SMILES string of the molecule is O=C(O)c1cnn2cc(N3CC[C@H](F)C3)ccc12. The van der Waals surface area contributed by atoms with Gasteiger partial charge in [0.05, 0.1) is 23.6 Å². The molecule has 6 heteroatoms. The first-order chi connectivity index (χ1) is 8.65. The van der Waals surface area contributed by atoms with Crippen LogP contribution < -0.4 is 4.90 Å². The third-order valence-electron chi connectivity index (χ3n) is 3.23. The standard InChI is InChI=1S/C12H12FN3O2/c13-8-3-4-15(6-8)9-1-2-11-10(12(17)18)5-14-16(11)7-9/h1-2,5,7-8H,3-4,6H2,(H,17,18)/t8-/m0/s1. The van der Waals surface area contributed by atoms with Crippen molar-refractivity contribution in [2.75, 3.05) is 18.0 Å². The second kappa shape index (κ2) is 3.97. The van der Waals surface area contributed by atoms with Crippen LogP contribution in [-0.2, 0) is 0 Å². The first-order valence-corrected chi connectivity index (χ1v) is 5.75. The highest BCUT2D eigenvalue weighted by Gasteiger charge is 2.22. The molecule has 1 aliphatic rings. The quantitative estimate of drug-likeness (QED) is 0.878. The Morgan fingerprint density at radius 3 is 3.00 bits per heavy atom. The lowest BCUT2D eigenvalue weighted by Crippen LogP contribution is -2.20. The molecule has 1 fully saturated rings. The predicted molar refractivity (Wildman–Crippen MR) is 63.9 cm³/mol. The van der Waals surface area contributed by atoms with Crippen molar-refractivity contribution in [2.45, 2.75) is 12.6 Å². The third kappa shape index (κ3) is 1.70. The van der Waals surface area contributed by atoms with E-state index in [2.05, 4.69) is 5.10 Å². The van der Waals surface area contributed by atoms with Crippen LogP contribution in [0.15, 0.2) is 24.5 Å². The zero-order chi connectivity index (χ0) is 12.7. The van der Waals surface area contributed by atoms with E-state index in [1.54, 1.807) is 12.3 Å². The fourth-order valence-electron chi connectivity index (χ4n) is 2.28. The Balaban J connectivity index is 1.99. The molecule has 3 rings (SSSR count). The van der Waals surface area contributed by atoms with Gasteiger partial charge >= 0.3 is 5.97 Å². The maximum Gasteiger partial charge on any atom is 0.339 e. The van der Waals surface area contributed by atoms with Crippen LogP contribution in [0.3, 0.4) is 0 Å². The number of aromatic nitrogens is 2. The lowest BCUT2D eigenvalue weighted by Gasteiger charge is -2.17. The molecular formula is C12H12FN3O2. The Hall–Kier alpha value is -2.11. The van der Waals surface area contributed by atoms with Crippen molar-refractivity contribution in [3.05, 3.63) is 30.1 Å². The van der Waals surface area contributed by atoms with Gasteiger partial charge in [0, 0.05) is 13.1 Å². The number of carbonyl (C=O) groups is 1. The molecule has 0 amide bonds. The van der Waals surface area contributed by atoms with Crippen LogP contribution in [0.2, 0.25) is 0 Å². The average molecular weight is 249 g/mol. The van der Waals surface area contributed by atoms with Crippen molar-refractivity contribution >= 4 is 17.2 Å². The van der Waals surface area contributed by atoms with Gasteiger partial charge < -0.3 is 10.0 Å². The number of anilines is 1. The zero-order valence-electron chi connectivity index (χ0n) is 9.58. The van der Waals surface area contributed by atoms with Gasteiger partial charge in [-0.3, -0.25) is 0 Å². The Kier molecular flexibility index (Phi) is 2.43. The van der Waals surface area contributed by atoms with Crippen LogP contribution in [0.5, 0.6) is 0 Å². The highest BCUT2D eigenvalue weighted by molar-refractivity contribution is 5.95. The van der Waals surface area contributed by atoms with Gasteiger partial charge in [-0.05, 0) is 18.6 Å². The number of alkyl halides is 1. The van der Waals surface area contributed by atoms with Crippen LogP contribution >= 0.6 is 0 Å². The highest BCUT2D eigenvalue weighted by Crippen LogP contribution is 2.23. The summed E-state index contributed by atoms with van der Waals surface area (Å²) in [5.74, 6) is -0.997. The number of fused-ring (bicyclic) bond motifs is 1. The second-order valence-electron chi connectivity index (χ2n) is 4.41. The van der Waals surface area contributed by atoms with Crippen molar-refractivity contribution in [1.82, 2.24) is 9.61 Å². The number of rotatable bonds is 2. The van der Waals surface area contributed by atoms with Crippen molar-refractivity contribution in [1.29, 1.82) is 0 Å². The summed E-state index contributed by atoms with van der Waals surface area (Å²) in [5.41, 5.74) is 1.58. The molecule has 3 heterocycles. The summed E-state index contributed by atoms with van der Waals surface area (Å²) in [6.07, 6.45) is 2.81. The predicted octanol–water partition coefficient (Wildman–Crippen LogP) is 1.58. The smallest absolute Gasteiger partial charge is 0.339 e. The second-order valence-corrected chi connectivity index (χ2v) is 4.41. The van der Waals surface area contributed by atoms with Crippen LogP contribution in [-0.4, -0.2) is 40.0 Å². The molecule has 1 aliphatic heterocycles. The van der Waals surface area contributed by atoms with Gasteiger partial charge in [0.25, 0.3) is 0 Å². The number of aromatic carboxylic acids is 1. The number of pyridine rings is 1. The normalized spacial score (nSPS) is 19.6. The summed E-state index contributed by atoms with van der Waals surface area (Å²) >= 11 is 0. The summed E-state index contributed by atoms with van der Waals surface area (Å²) in [7, 11) is 0. The van der Waals surface area contributed by atoms with Gasteiger partial charge in [-0.15, -0.1) is 0 Å². The molecule has 0 radical (unpaired) electrons. The fourth-order valence-corrected chi connectivity index (χ4v) is 2.28. The third-order valence-corrected chi connectivity index (χ3v) is 3.23. The van der Waals surface area contributed by atoms with Crippen LogP contribution in [0, 0.1) is 0 Å².